The number of carbonyl (C=O) groups is 2. The average Bonchev–Trinajstić information content (AvgIpc) is 3.13. The fourth-order valence-corrected chi connectivity index (χ4v) is 3.92. The molecule has 0 bridgehead atoms. The highest BCUT2D eigenvalue weighted by molar-refractivity contribution is 7.99. The van der Waals surface area contributed by atoms with Crippen LogP contribution in [0.4, 0.5) is 0 Å². The number of ether oxygens (including phenoxy) is 1. The van der Waals surface area contributed by atoms with Gasteiger partial charge in [0, 0.05) is 20.1 Å². The van der Waals surface area contributed by atoms with Crippen molar-refractivity contribution in [1.82, 2.24) is 24.6 Å². The minimum absolute atomic E-state index is 0.218. The SMILES string of the molecule is Cn1c(CN2CCOCC2)nnc1SCN1C(=O)c2ccccc2C1=O. The Kier molecular flexibility index (Phi) is 4.75. The van der Waals surface area contributed by atoms with Gasteiger partial charge < -0.3 is 9.30 Å². The van der Waals surface area contributed by atoms with E-state index in [1.807, 2.05) is 11.6 Å². The van der Waals surface area contributed by atoms with Crippen molar-refractivity contribution in [3.63, 3.8) is 0 Å². The van der Waals surface area contributed by atoms with Crippen molar-refractivity contribution in [3.05, 3.63) is 41.2 Å². The van der Waals surface area contributed by atoms with Gasteiger partial charge in [0.05, 0.1) is 36.8 Å². The van der Waals surface area contributed by atoms with Crippen LogP contribution in [-0.2, 0) is 18.3 Å². The Labute approximate surface area is 155 Å². The van der Waals surface area contributed by atoms with E-state index in [-0.39, 0.29) is 17.7 Å². The molecular weight excluding hydrogens is 354 g/mol. The Morgan fingerprint density at radius 2 is 1.73 bits per heavy atom. The monoisotopic (exact) mass is 373 g/mol. The van der Waals surface area contributed by atoms with Crippen LogP contribution in [0.5, 0.6) is 0 Å². The number of fused-ring (bicyclic) bond motifs is 1. The zero-order chi connectivity index (χ0) is 18.1. The normalized spacial score (nSPS) is 17.8. The molecule has 1 aromatic carbocycles. The number of amides is 2. The van der Waals surface area contributed by atoms with Crippen LogP contribution in [0.15, 0.2) is 29.4 Å². The molecule has 0 unspecified atom stereocenters. The fraction of sp³-hybridized carbons (Fsp3) is 0.412. The lowest BCUT2D eigenvalue weighted by Gasteiger charge is -2.25. The number of morpholine rings is 1. The van der Waals surface area contributed by atoms with Crippen LogP contribution in [0.2, 0.25) is 0 Å². The molecule has 2 aliphatic rings. The number of hydrogen-bond acceptors (Lipinski definition) is 7. The van der Waals surface area contributed by atoms with Crippen LogP contribution in [0.1, 0.15) is 26.5 Å². The molecule has 9 heteroatoms. The summed E-state index contributed by atoms with van der Waals surface area (Å²) in [5, 5.41) is 9.15. The molecule has 0 atom stereocenters. The van der Waals surface area contributed by atoms with Gasteiger partial charge >= 0.3 is 0 Å². The van der Waals surface area contributed by atoms with Gasteiger partial charge in [-0.3, -0.25) is 19.4 Å². The third kappa shape index (κ3) is 3.13. The van der Waals surface area contributed by atoms with Gasteiger partial charge in [-0.1, -0.05) is 23.9 Å². The summed E-state index contributed by atoms with van der Waals surface area (Å²) >= 11 is 1.34. The topological polar surface area (TPSA) is 80.6 Å². The average molecular weight is 373 g/mol. The van der Waals surface area contributed by atoms with Gasteiger partial charge in [0.15, 0.2) is 5.16 Å². The van der Waals surface area contributed by atoms with Crippen LogP contribution in [0.3, 0.4) is 0 Å². The number of carbonyl (C=O) groups excluding carboxylic acids is 2. The molecule has 4 rings (SSSR count). The van der Waals surface area contributed by atoms with E-state index in [0.29, 0.717) is 22.8 Å². The molecule has 1 aromatic heterocycles. The second-order valence-corrected chi connectivity index (χ2v) is 7.12. The van der Waals surface area contributed by atoms with Gasteiger partial charge in [0.25, 0.3) is 11.8 Å². The van der Waals surface area contributed by atoms with E-state index in [1.54, 1.807) is 24.3 Å². The number of imide groups is 1. The second-order valence-electron chi connectivity index (χ2n) is 6.20. The molecule has 136 valence electrons. The van der Waals surface area contributed by atoms with E-state index in [1.165, 1.54) is 16.7 Å². The van der Waals surface area contributed by atoms with Crippen molar-refractivity contribution in [3.8, 4) is 0 Å². The quantitative estimate of drug-likeness (QED) is 0.571. The molecule has 0 N–H and O–H groups in total. The molecule has 2 aliphatic heterocycles. The standard InChI is InChI=1S/C17H19N5O3S/c1-20-14(10-21-6-8-25-9-7-21)18-19-17(20)26-11-22-15(23)12-4-2-3-5-13(12)16(22)24/h2-5H,6-11H2,1H3. The van der Waals surface area contributed by atoms with Crippen molar-refractivity contribution < 1.29 is 14.3 Å². The van der Waals surface area contributed by atoms with Crippen molar-refractivity contribution in [2.75, 3.05) is 32.2 Å². The Morgan fingerprint density at radius 3 is 2.38 bits per heavy atom. The van der Waals surface area contributed by atoms with Gasteiger partial charge in [-0.05, 0) is 12.1 Å². The summed E-state index contributed by atoms with van der Waals surface area (Å²) in [6.07, 6.45) is 0. The molecule has 0 aliphatic carbocycles. The molecule has 1 saturated heterocycles. The highest BCUT2D eigenvalue weighted by atomic mass is 32.2. The van der Waals surface area contributed by atoms with Crippen LogP contribution in [-0.4, -0.2) is 68.6 Å². The highest BCUT2D eigenvalue weighted by Crippen LogP contribution is 2.26. The highest BCUT2D eigenvalue weighted by Gasteiger charge is 2.35. The molecule has 3 heterocycles. The largest absolute Gasteiger partial charge is 0.379 e. The van der Waals surface area contributed by atoms with Gasteiger partial charge in [0.2, 0.25) is 0 Å². The van der Waals surface area contributed by atoms with Gasteiger partial charge in [-0.2, -0.15) is 0 Å². The Hall–Kier alpha value is -2.23. The van der Waals surface area contributed by atoms with Gasteiger partial charge in [-0.25, -0.2) is 0 Å². The van der Waals surface area contributed by atoms with Crippen molar-refractivity contribution >= 4 is 23.6 Å². The summed E-state index contributed by atoms with van der Waals surface area (Å²) in [5.41, 5.74) is 0.924. The first-order valence-electron chi connectivity index (χ1n) is 8.41. The lowest BCUT2D eigenvalue weighted by atomic mass is 10.1. The lowest BCUT2D eigenvalue weighted by molar-refractivity contribution is 0.0326. The summed E-state index contributed by atoms with van der Waals surface area (Å²) in [7, 11) is 1.90. The van der Waals surface area contributed by atoms with Crippen molar-refractivity contribution in [2.24, 2.45) is 7.05 Å². The van der Waals surface area contributed by atoms with Crippen LogP contribution in [0.25, 0.3) is 0 Å². The number of benzene rings is 1. The zero-order valence-corrected chi connectivity index (χ0v) is 15.2. The van der Waals surface area contributed by atoms with E-state index >= 15 is 0 Å². The third-order valence-corrected chi connectivity index (χ3v) is 5.60. The minimum Gasteiger partial charge on any atom is -0.379 e. The molecular formula is C17H19N5O3S. The summed E-state index contributed by atoms with van der Waals surface area (Å²) < 4.78 is 7.27. The van der Waals surface area contributed by atoms with Crippen molar-refractivity contribution in [2.45, 2.75) is 11.7 Å². The molecule has 0 radical (unpaired) electrons. The number of aromatic nitrogens is 3. The first kappa shape index (κ1) is 17.2. The molecule has 8 nitrogen and oxygen atoms in total. The van der Waals surface area contributed by atoms with E-state index in [9.17, 15) is 9.59 Å². The van der Waals surface area contributed by atoms with E-state index in [0.717, 1.165) is 32.1 Å². The molecule has 2 aromatic rings. The Balaban J connectivity index is 1.41. The molecule has 26 heavy (non-hydrogen) atoms. The van der Waals surface area contributed by atoms with Crippen LogP contribution < -0.4 is 0 Å². The third-order valence-electron chi connectivity index (χ3n) is 4.59. The Morgan fingerprint density at radius 1 is 1.08 bits per heavy atom. The number of hydrogen-bond donors (Lipinski definition) is 0. The predicted molar refractivity (Wildman–Crippen MR) is 94.8 cm³/mol. The molecule has 0 saturated carbocycles. The molecule has 1 fully saturated rings. The summed E-state index contributed by atoms with van der Waals surface area (Å²) in [6, 6.07) is 6.90. The smallest absolute Gasteiger partial charge is 0.262 e. The first-order chi connectivity index (χ1) is 12.6. The summed E-state index contributed by atoms with van der Waals surface area (Å²) in [4.78, 5) is 28.3. The van der Waals surface area contributed by atoms with Crippen LogP contribution in [0, 0.1) is 0 Å². The maximum atomic E-state index is 12.4. The van der Waals surface area contributed by atoms with Crippen LogP contribution >= 0.6 is 11.8 Å². The predicted octanol–water partition coefficient (Wildman–Crippen LogP) is 0.993. The fourth-order valence-electron chi connectivity index (χ4n) is 3.05. The molecule has 0 spiro atoms. The first-order valence-corrected chi connectivity index (χ1v) is 9.40. The maximum absolute atomic E-state index is 12.4. The number of rotatable bonds is 5. The van der Waals surface area contributed by atoms with Gasteiger partial charge in [-0.15, -0.1) is 10.2 Å². The van der Waals surface area contributed by atoms with E-state index < -0.39 is 0 Å². The number of nitrogens with zero attached hydrogens (tertiary/aromatic N) is 5. The Bertz CT molecular complexity index is 812. The maximum Gasteiger partial charge on any atom is 0.262 e. The zero-order valence-electron chi connectivity index (χ0n) is 14.4. The lowest BCUT2D eigenvalue weighted by Crippen LogP contribution is -2.36. The minimum atomic E-state index is -0.256. The summed E-state index contributed by atoms with van der Waals surface area (Å²) in [5.74, 6) is 0.565. The van der Waals surface area contributed by atoms with E-state index in [2.05, 4.69) is 15.1 Å². The second kappa shape index (κ2) is 7.18. The molecule has 2 amide bonds. The van der Waals surface area contributed by atoms with E-state index in [4.69, 9.17) is 4.74 Å². The van der Waals surface area contributed by atoms with Gasteiger partial charge in [0.1, 0.15) is 5.82 Å². The van der Waals surface area contributed by atoms with Crippen molar-refractivity contribution in [1.29, 1.82) is 0 Å². The summed E-state index contributed by atoms with van der Waals surface area (Å²) in [6.45, 7) is 3.94. The number of thioether (sulfide) groups is 1.